The highest BCUT2D eigenvalue weighted by molar-refractivity contribution is 5.52. The lowest BCUT2D eigenvalue weighted by Gasteiger charge is -2.59. The molecule has 4 bridgehead atoms. The van der Waals surface area contributed by atoms with Gasteiger partial charge in [-0.1, -0.05) is 71.9 Å². The third kappa shape index (κ3) is 3.97. The highest BCUT2D eigenvalue weighted by Gasteiger charge is 2.58. The minimum atomic E-state index is -0.512. The minimum Gasteiger partial charge on any atom is -0.508 e. The van der Waals surface area contributed by atoms with Crippen molar-refractivity contribution >= 4 is 0 Å². The number of rotatable bonds is 2. The summed E-state index contributed by atoms with van der Waals surface area (Å²) >= 11 is 0. The quantitative estimate of drug-likeness (QED) is 0.318. The lowest BCUT2D eigenvalue weighted by Crippen LogP contribution is -2.61. The molecule has 4 aliphatic rings. The van der Waals surface area contributed by atoms with Crippen LogP contribution in [0.25, 0.3) is 0 Å². The van der Waals surface area contributed by atoms with Crippen LogP contribution in [-0.4, -0.2) is 22.3 Å². The van der Waals surface area contributed by atoms with Gasteiger partial charge in [-0.15, -0.1) is 0 Å². The van der Waals surface area contributed by atoms with E-state index in [0.29, 0.717) is 17.2 Å². The molecule has 5 heteroatoms. The van der Waals surface area contributed by atoms with Gasteiger partial charge in [-0.2, -0.15) is 0 Å². The normalized spacial score (nSPS) is 37.5. The number of phenols is 2. The number of aromatic hydroxyl groups is 2. The van der Waals surface area contributed by atoms with E-state index in [1.54, 1.807) is 6.07 Å². The number of hydrogen-bond acceptors (Lipinski definition) is 4. The van der Waals surface area contributed by atoms with Gasteiger partial charge in [0, 0.05) is 28.5 Å². The van der Waals surface area contributed by atoms with Crippen molar-refractivity contribution in [2.45, 2.75) is 127 Å². The number of nitrogens with two attached hydrogens (primary N) is 2. The first-order valence-electron chi connectivity index (χ1n) is 15.9. The zero-order valence-electron chi connectivity index (χ0n) is 24.8. The first kappa shape index (κ1) is 28.0. The van der Waals surface area contributed by atoms with Gasteiger partial charge in [0.2, 0.25) is 0 Å². The first-order chi connectivity index (χ1) is 19.0. The molecule has 6 N–H and O–H groups in total. The zero-order valence-corrected chi connectivity index (χ0v) is 24.8. The molecule has 0 spiro atoms. The van der Waals surface area contributed by atoms with Gasteiger partial charge >= 0.3 is 0 Å². The van der Waals surface area contributed by atoms with Crippen molar-refractivity contribution in [3.63, 3.8) is 0 Å². The van der Waals surface area contributed by atoms with Crippen molar-refractivity contribution in [2.24, 2.45) is 29.2 Å². The van der Waals surface area contributed by atoms with Crippen molar-refractivity contribution in [3.8, 4) is 11.5 Å². The number of fused-ring (bicyclic) bond motifs is 8. The lowest BCUT2D eigenvalue weighted by molar-refractivity contribution is 0.0629. The first-order valence-corrected chi connectivity index (χ1v) is 15.9. The summed E-state index contributed by atoms with van der Waals surface area (Å²) in [6.07, 6.45) is 10.5. The van der Waals surface area contributed by atoms with Gasteiger partial charge in [0.1, 0.15) is 5.75 Å². The van der Waals surface area contributed by atoms with Crippen LogP contribution in [0.5, 0.6) is 11.5 Å². The monoisotopic (exact) mass is 548 g/mol. The largest absolute Gasteiger partial charge is 0.508 e. The van der Waals surface area contributed by atoms with E-state index in [-0.39, 0.29) is 41.5 Å². The minimum absolute atomic E-state index is 0.0407. The predicted molar refractivity (Wildman–Crippen MR) is 159 cm³/mol. The van der Waals surface area contributed by atoms with E-state index in [1.165, 1.54) is 11.1 Å². The molecular weight excluding hydrogens is 499 g/mol. The molecule has 0 radical (unpaired) electrons. The van der Waals surface area contributed by atoms with Gasteiger partial charge in [-0.25, -0.2) is 4.39 Å². The Labute approximate surface area is 239 Å². The third-order valence-electron chi connectivity index (χ3n) is 12.2. The smallest absolute Gasteiger partial charge is 0.168 e. The molecule has 4 aliphatic carbocycles. The maximum Gasteiger partial charge on any atom is 0.168 e. The number of benzene rings is 2. The molecule has 0 amide bonds. The van der Waals surface area contributed by atoms with Crippen molar-refractivity contribution in [2.75, 3.05) is 0 Å². The van der Waals surface area contributed by atoms with Gasteiger partial charge in [0.25, 0.3) is 0 Å². The molecule has 8 atom stereocenters. The fraction of sp³-hybridized carbons (Fsp3) is 0.657. The summed E-state index contributed by atoms with van der Waals surface area (Å²) in [7, 11) is 0. The van der Waals surface area contributed by atoms with E-state index in [0.717, 1.165) is 75.3 Å². The Morgan fingerprint density at radius 2 is 1.62 bits per heavy atom. The van der Waals surface area contributed by atoms with Gasteiger partial charge in [0.05, 0.1) is 0 Å². The summed E-state index contributed by atoms with van der Waals surface area (Å²) in [5.74, 6) is 0.609. The molecule has 4 nitrogen and oxygen atoms in total. The second-order valence-corrected chi connectivity index (χ2v) is 14.5. The molecule has 0 saturated heterocycles. The maximum absolute atomic E-state index is 16.1. The summed E-state index contributed by atoms with van der Waals surface area (Å²) < 4.78 is 16.1. The van der Waals surface area contributed by atoms with E-state index in [2.05, 4.69) is 33.8 Å². The Balaban J connectivity index is 1.60. The number of phenolic OH excluding ortho intramolecular Hbond substituents is 2. The Morgan fingerprint density at radius 3 is 2.38 bits per heavy atom. The Kier molecular flexibility index (Phi) is 7.02. The predicted octanol–water partition coefficient (Wildman–Crippen LogP) is 7.27. The van der Waals surface area contributed by atoms with Crippen LogP contribution in [0.15, 0.2) is 24.3 Å². The molecule has 0 heterocycles. The van der Waals surface area contributed by atoms with Crippen LogP contribution in [0.2, 0.25) is 0 Å². The molecule has 6 rings (SSSR count). The van der Waals surface area contributed by atoms with Gasteiger partial charge in [-0.05, 0) is 96.1 Å². The fourth-order valence-corrected chi connectivity index (χ4v) is 9.96. The van der Waals surface area contributed by atoms with Crippen LogP contribution >= 0.6 is 0 Å². The van der Waals surface area contributed by atoms with Crippen molar-refractivity contribution in [1.82, 2.24) is 0 Å². The molecule has 0 aliphatic heterocycles. The molecule has 218 valence electrons. The van der Waals surface area contributed by atoms with Gasteiger partial charge < -0.3 is 21.7 Å². The van der Waals surface area contributed by atoms with E-state index in [9.17, 15) is 10.2 Å². The summed E-state index contributed by atoms with van der Waals surface area (Å²) in [6, 6.07) is 7.59. The van der Waals surface area contributed by atoms with Crippen molar-refractivity contribution in [3.05, 3.63) is 57.9 Å². The average Bonchev–Trinajstić information content (AvgIpc) is 2.91. The third-order valence-corrected chi connectivity index (χ3v) is 12.2. The molecule has 2 aromatic rings. The highest BCUT2D eigenvalue weighted by Crippen LogP contribution is 2.61. The molecule has 40 heavy (non-hydrogen) atoms. The number of hydrogen-bond donors (Lipinski definition) is 4. The Bertz CT molecular complexity index is 1290. The zero-order chi connectivity index (χ0) is 28.6. The summed E-state index contributed by atoms with van der Waals surface area (Å²) in [6.45, 7) is 8.74. The van der Waals surface area contributed by atoms with E-state index in [1.807, 2.05) is 12.1 Å². The van der Waals surface area contributed by atoms with Gasteiger partial charge in [-0.3, -0.25) is 0 Å². The fourth-order valence-electron chi connectivity index (χ4n) is 9.96. The van der Waals surface area contributed by atoms with E-state index >= 15 is 4.39 Å². The van der Waals surface area contributed by atoms with E-state index in [4.69, 9.17) is 11.5 Å². The molecule has 8 unspecified atom stereocenters. The maximum atomic E-state index is 16.1. The standard InChI is InChI=1S/C35H49FN2O2/c1-19(2)24-17-21-16-20-10-7-8-12-25(35(4,32(20)37)26(21)18-28(24)40)29-22-13-14-27(39)31(36)30(22)34(3)15-9-5-6-11-23(29)33(34)38/h13-14,17-20,23,25,29,32-33,39-40H,5-12,15-16,37-38H2,1-4H3. The summed E-state index contributed by atoms with van der Waals surface area (Å²) in [5, 5.41) is 21.8. The van der Waals surface area contributed by atoms with Crippen LogP contribution in [0.3, 0.4) is 0 Å². The summed E-state index contributed by atoms with van der Waals surface area (Å²) in [4.78, 5) is 0. The van der Waals surface area contributed by atoms with Gasteiger partial charge in [0.15, 0.2) is 11.6 Å². The van der Waals surface area contributed by atoms with Crippen molar-refractivity contribution in [1.29, 1.82) is 0 Å². The molecular formula is C35H49FN2O2. The second kappa shape index (κ2) is 10.0. The highest BCUT2D eigenvalue weighted by atomic mass is 19.1. The Morgan fingerprint density at radius 1 is 0.900 bits per heavy atom. The van der Waals surface area contributed by atoms with Crippen LogP contribution in [0, 0.1) is 23.6 Å². The summed E-state index contributed by atoms with van der Waals surface area (Å²) in [5.41, 5.74) is 18.9. The Hall–Kier alpha value is -2.11. The van der Waals surface area contributed by atoms with Crippen molar-refractivity contribution < 1.29 is 14.6 Å². The molecule has 2 saturated carbocycles. The number of halogens is 1. The molecule has 2 aromatic carbocycles. The van der Waals surface area contributed by atoms with Crippen LogP contribution in [0.4, 0.5) is 4.39 Å². The second-order valence-electron chi connectivity index (χ2n) is 14.5. The lowest BCUT2D eigenvalue weighted by atomic mass is 9.47. The molecule has 0 aromatic heterocycles. The molecule has 2 fully saturated rings. The van der Waals surface area contributed by atoms with Crippen LogP contribution in [0.1, 0.15) is 125 Å². The SMILES string of the molecule is CC(C)c1cc2c(cc1O)C1(C)C(N)C(CCCCC1C1c3ccc(O)c(F)c3C3(C)CCCCCC1C3N)C2. The topological polar surface area (TPSA) is 92.5 Å². The van der Waals surface area contributed by atoms with Crippen LogP contribution in [-0.2, 0) is 17.3 Å². The average molecular weight is 549 g/mol. The van der Waals surface area contributed by atoms with Crippen LogP contribution < -0.4 is 11.5 Å². The van der Waals surface area contributed by atoms with E-state index < -0.39 is 16.6 Å².